The highest BCUT2D eigenvalue weighted by Crippen LogP contribution is 1.95. The Morgan fingerprint density at radius 2 is 1.75 bits per heavy atom. The number of carbonyl (C=O) groups excluding carboxylic acids is 2. The second kappa shape index (κ2) is 9.56. The quantitative estimate of drug-likeness (QED) is 0.363. The number of allylic oxidation sites excluding steroid dienone is 5. The summed E-state index contributed by atoms with van der Waals surface area (Å²) in [7, 11) is 0. The molecule has 0 aromatic heterocycles. The van der Waals surface area contributed by atoms with E-state index in [1.165, 1.54) is 6.08 Å². The lowest BCUT2D eigenvalue weighted by Crippen LogP contribution is -1.76. The molecule has 0 aliphatic heterocycles. The van der Waals surface area contributed by atoms with Gasteiger partial charge in [0.05, 0.1) is 0 Å². The maximum atomic E-state index is 10.2. The number of aldehydes is 1. The van der Waals surface area contributed by atoms with Crippen LogP contribution in [-0.4, -0.2) is 13.1 Å². The first kappa shape index (κ1) is 13.2. The molecule has 2 nitrogen and oxygen atoms in total. The minimum atomic E-state index is 0.572. The van der Waals surface area contributed by atoms with Gasteiger partial charge in [-0.3, -0.25) is 4.79 Å². The highest BCUT2D eigenvalue weighted by atomic mass is 16.1. The minimum absolute atomic E-state index is 0.572. The Bertz CT molecular complexity index is 200. The maximum Gasteiger partial charge on any atom is 0.149 e. The van der Waals surface area contributed by atoms with Crippen LogP contribution < -0.4 is 0 Å². The molecule has 0 aromatic carbocycles. The molecular weight excluding hydrogens is 152 g/mol. The molecule has 0 aliphatic carbocycles. The molecule has 0 N–H and O–H groups in total. The third-order valence-electron chi connectivity index (χ3n) is 0.932. The van der Waals surface area contributed by atoms with Gasteiger partial charge in [-0.1, -0.05) is 30.4 Å². The van der Waals surface area contributed by atoms with Crippen molar-refractivity contribution in [2.75, 3.05) is 0 Å². The van der Waals surface area contributed by atoms with E-state index in [0.29, 0.717) is 5.57 Å². The monoisotopic (exact) mass is 165 g/mol. The van der Waals surface area contributed by atoms with E-state index >= 15 is 0 Å². The van der Waals surface area contributed by atoms with E-state index in [-0.39, 0.29) is 0 Å². The smallest absolute Gasteiger partial charge is 0.149 e. The summed E-state index contributed by atoms with van der Waals surface area (Å²) in [6.07, 6.45) is 5.71. The highest BCUT2D eigenvalue weighted by molar-refractivity contribution is 5.77. The molecule has 0 heterocycles. The van der Waals surface area contributed by atoms with E-state index in [1.54, 1.807) is 12.2 Å². The Morgan fingerprint density at radius 1 is 1.25 bits per heavy atom. The maximum absolute atomic E-state index is 10.2. The van der Waals surface area contributed by atoms with Crippen molar-refractivity contribution in [2.24, 2.45) is 0 Å². The SMILES string of the molecule is C=O.[CH2]/C=C(C=O)\C=C/C(=C)C. The Balaban J connectivity index is 0. The summed E-state index contributed by atoms with van der Waals surface area (Å²) in [5.41, 5.74) is 1.49. The van der Waals surface area contributed by atoms with Crippen LogP contribution in [0.3, 0.4) is 0 Å². The molecule has 0 spiro atoms. The van der Waals surface area contributed by atoms with E-state index in [9.17, 15) is 4.79 Å². The Kier molecular flexibility index (Phi) is 10.5. The number of hydrogen-bond donors (Lipinski definition) is 0. The lowest BCUT2D eigenvalue weighted by Gasteiger charge is -1.86. The van der Waals surface area contributed by atoms with Crippen molar-refractivity contribution in [2.45, 2.75) is 6.92 Å². The van der Waals surface area contributed by atoms with Crippen LogP contribution in [0.2, 0.25) is 0 Å². The van der Waals surface area contributed by atoms with Crippen molar-refractivity contribution < 1.29 is 9.59 Å². The zero-order chi connectivity index (χ0) is 9.98. The number of carbonyl (C=O) groups is 2. The third-order valence-corrected chi connectivity index (χ3v) is 0.932. The van der Waals surface area contributed by atoms with Gasteiger partial charge in [-0.05, 0) is 13.8 Å². The topological polar surface area (TPSA) is 34.1 Å². The molecule has 65 valence electrons. The first-order valence-electron chi connectivity index (χ1n) is 3.27. The van der Waals surface area contributed by atoms with Gasteiger partial charge >= 0.3 is 0 Å². The number of rotatable bonds is 3. The average molecular weight is 165 g/mol. The lowest BCUT2D eigenvalue weighted by atomic mass is 10.2. The van der Waals surface area contributed by atoms with Crippen LogP contribution in [0.5, 0.6) is 0 Å². The Morgan fingerprint density at radius 3 is 2.00 bits per heavy atom. The fourth-order valence-electron chi connectivity index (χ4n) is 0.394. The summed E-state index contributed by atoms with van der Waals surface area (Å²) in [5, 5.41) is 0. The molecular formula is C10H13O2. The fourth-order valence-corrected chi connectivity index (χ4v) is 0.394. The molecule has 0 aromatic rings. The standard InChI is InChI=1S/C9H11O.CH2O/c1-4-9(7-10)6-5-8(2)3;1-2/h4-7H,1-2H2,3H3;1H2/b6-5-,9-4+;. The van der Waals surface area contributed by atoms with Gasteiger partial charge in [0, 0.05) is 5.57 Å². The summed E-state index contributed by atoms with van der Waals surface area (Å²) in [6.45, 7) is 11.0. The van der Waals surface area contributed by atoms with Gasteiger partial charge in [-0.15, -0.1) is 0 Å². The van der Waals surface area contributed by atoms with E-state index in [0.717, 1.165) is 11.9 Å². The minimum Gasteiger partial charge on any atom is -0.307 e. The van der Waals surface area contributed by atoms with Crippen molar-refractivity contribution >= 4 is 13.1 Å². The van der Waals surface area contributed by atoms with Gasteiger partial charge in [0.2, 0.25) is 0 Å². The van der Waals surface area contributed by atoms with E-state index in [4.69, 9.17) is 4.79 Å². The summed E-state index contributed by atoms with van der Waals surface area (Å²) in [6, 6.07) is 0. The van der Waals surface area contributed by atoms with Gasteiger partial charge in [0.15, 0.2) is 0 Å². The number of hydrogen-bond acceptors (Lipinski definition) is 2. The summed E-state index contributed by atoms with van der Waals surface area (Å²) in [5.74, 6) is 0. The summed E-state index contributed by atoms with van der Waals surface area (Å²) < 4.78 is 0. The first-order valence-corrected chi connectivity index (χ1v) is 3.27. The van der Waals surface area contributed by atoms with Crippen LogP contribution in [0.25, 0.3) is 0 Å². The van der Waals surface area contributed by atoms with E-state index < -0.39 is 0 Å². The molecule has 0 saturated carbocycles. The van der Waals surface area contributed by atoms with Crippen molar-refractivity contribution in [1.29, 1.82) is 0 Å². The Hall–Kier alpha value is -1.44. The molecule has 2 heteroatoms. The second-order valence-electron chi connectivity index (χ2n) is 2.00. The largest absolute Gasteiger partial charge is 0.307 e. The van der Waals surface area contributed by atoms with Crippen molar-refractivity contribution in [3.63, 3.8) is 0 Å². The molecule has 0 aliphatic rings. The molecule has 0 amide bonds. The zero-order valence-electron chi connectivity index (χ0n) is 7.25. The van der Waals surface area contributed by atoms with Crippen molar-refractivity contribution in [1.82, 2.24) is 0 Å². The lowest BCUT2D eigenvalue weighted by molar-refractivity contribution is -0.104. The second-order valence-corrected chi connectivity index (χ2v) is 2.00. The van der Waals surface area contributed by atoms with Crippen LogP contribution in [0, 0.1) is 6.92 Å². The Labute approximate surface area is 73.3 Å². The molecule has 0 saturated heterocycles. The fraction of sp³-hybridized carbons (Fsp3) is 0.100. The molecule has 0 rings (SSSR count). The van der Waals surface area contributed by atoms with Crippen LogP contribution in [-0.2, 0) is 9.59 Å². The molecule has 12 heavy (non-hydrogen) atoms. The van der Waals surface area contributed by atoms with Crippen LogP contribution in [0.4, 0.5) is 0 Å². The van der Waals surface area contributed by atoms with Crippen molar-refractivity contribution in [3.05, 3.63) is 42.9 Å². The van der Waals surface area contributed by atoms with Crippen molar-refractivity contribution in [3.8, 4) is 0 Å². The predicted molar refractivity (Wildman–Crippen MR) is 50.6 cm³/mol. The predicted octanol–water partition coefficient (Wildman–Crippen LogP) is 1.89. The molecule has 0 fully saturated rings. The third kappa shape index (κ3) is 8.56. The molecule has 0 unspecified atom stereocenters. The van der Waals surface area contributed by atoms with E-state index in [2.05, 4.69) is 13.5 Å². The first-order chi connectivity index (χ1) is 5.70. The van der Waals surface area contributed by atoms with Gasteiger partial charge < -0.3 is 4.79 Å². The zero-order valence-corrected chi connectivity index (χ0v) is 7.25. The molecule has 0 bridgehead atoms. The van der Waals surface area contributed by atoms with Crippen LogP contribution in [0.1, 0.15) is 6.92 Å². The van der Waals surface area contributed by atoms with E-state index in [1.807, 2.05) is 13.7 Å². The van der Waals surface area contributed by atoms with Gasteiger partial charge in [0.25, 0.3) is 0 Å². The van der Waals surface area contributed by atoms with Gasteiger partial charge in [-0.2, -0.15) is 0 Å². The van der Waals surface area contributed by atoms with Gasteiger partial charge in [-0.25, -0.2) is 0 Å². The summed E-state index contributed by atoms with van der Waals surface area (Å²) >= 11 is 0. The highest BCUT2D eigenvalue weighted by Gasteiger charge is 1.82. The van der Waals surface area contributed by atoms with Crippen LogP contribution in [0.15, 0.2) is 36.0 Å². The molecule has 0 atom stereocenters. The van der Waals surface area contributed by atoms with Crippen LogP contribution >= 0.6 is 0 Å². The average Bonchev–Trinajstić information content (AvgIpc) is 2.09. The molecule has 1 radical (unpaired) electrons. The normalized spacial score (nSPS) is 10.3. The van der Waals surface area contributed by atoms with Gasteiger partial charge in [0.1, 0.15) is 13.1 Å². The summed E-state index contributed by atoms with van der Waals surface area (Å²) in [4.78, 5) is 18.2.